The molecule has 0 radical (unpaired) electrons. The summed E-state index contributed by atoms with van der Waals surface area (Å²) in [6.07, 6.45) is 8.29. The normalized spacial score (nSPS) is 35.1. The number of rotatable bonds is 4. The number of benzene rings is 1. The van der Waals surface area contributed by atoms with Gasteiger partial charge in [-0.15, -0.1) is 0 Å². The van der Waals surface area contributed by atoms with E-state index in [0.29, 0.717) is 6.04 Å². The second-order valence-corrected chi connectivity index (χ2v) is 7.76. The van der Waals surface area contributed by atoms with Crippen LogP contribution in [0.1, 0.15) is 56.2 Å². The molecule has 0 amide bonds. The van der Waals surface area contributed by atoms with Crippen molar-refractivity contribution in [2.45, 2.75) is 57.5 Å². The van der Waals surface area contributed by atoms with Gasteiger partial charge in [-0.3, -0.25) is 0 Å². The van der Waals surface area contributed by atoms with Gasteiger partial charge in [-0.1, -0.05) is 30.7 Å². The molecule has 0 spiro atoms. The maximum atomic E-state index is 3.77. The maximum Gasteiger partial charge on any atom is 0.0351 e. The van der Waals surface area contributed by atoms with Crippen LogP contribution in [0.15, 0.2) is 24.3 Å². The first-order chi connectivity index (χ1) is 10.8. The van der Waals surface area contributed by atoms with E-state index >= 15 is 0 Å². The lowest BCUT2D eigenvalue weighted by Gasteiger charge is -2.21. The number of nitrogens with one attached hydrogen (secondary N) is 1. The highest BCUT2D eigenvalue weighted by Gasteiger charge is 2.39. The summed E-state index contributed by atoms with van der Waals surface area (Å²) in [6, 6.07) is 10.9. The second-order valence-electron chi connectivity index (χ2n) is 7.76. The first kappa shape index (κ1) is 14.7. The van der Waals surface area contributed by atoms with E-state index in [2.05, 4.69) is 41.4 Å². The fourth-order valence-corrected chi connectivity index (χ4v) is 5.04. The number of fused-ring (bicyclic) bond motifs is 1. The molecular formula is C20H30N2. The van der Waals surface area contributed by atoms with Crippen LogP contribution in [0.2, 0.25) is 0 Å². The van der Waals surface area contributed by atoms with Gasteiger partial charge in [-0.2, -0.15) is 0 Å². The van der Waals surface area contributed by atoms with Crippen LogP contribution in [0.5, 0.6) is 0 Å². The van der Waals surface area contributed by atoms with Gasteiger partial charge in [0.1, 0.15) is 0 Å². The average Bonchev–Trinajstić information content (AvgIpc) is 3.22. The molecule has 1 N–H and O–H groups in total. The standard InChI is InChI=1S/C20H30N2/c1-15-4-3-12-22(15)13-11-16-7-9-17(10-8-16)20-19-6-2-5-18(19)14-21-20/h7-10,15,18-21H,2-6,11-14H2,1H3/t15-,18?,19?,20?/m1/s1. The molecule has 2 heteroatoms. The molecule has 1 aromatic rings. The van der Waals surface area contributed by atoms with Crippen molar-refractivity contribution in [2.75, 3.05) is 19.6 Å². The van der Waals surface area contributed by atoms with E-state index in [-0.39, 0.29) is 0 Å². The van der Waals surface area contributed by atoms with Gasteiger partial charge in [0.15, 0.2) is 0 Å². The van der Waals surface area contributed by atoms with E-state index in [0.717, 1.165) is 17.9 Å². The molecule has 1 aliphatic carbocycles. The van der Waals surface area contributed by atoms with Crippen molar-refractivity contribution in [2.24, 2.45) is 11.8 Å². The van der Waals surface area contributed by atoms with Crippen LogP contribution in [-0.2, 0) is 6.42 Å². The highest BCUT2D eigenvalue weighted by Crippen LogP contribution is 2.44. The monoisotopic (exact) mass is 298 g/mol. The van der Waals surface area contributed by atoms with E-state index in [1.54, 1.807) is 0 Å². The zero-order valence-corrected chi connectivity index (χ0v) is 13.9. The molecule has 2 saturated heterocycles. The van der Waals surface area contributed by atoms with Crippen molar-refractivity contribution >= 4 is 0 Å². The molecule has 2 aliphatic heterocycles. The van der Waals surface area contributed by atoms with Crippen LogP contribution < -0.4 is 5.32 Å². The topological polar surface area (TPSA) is 15.3 Å². The third-order valence-electron chi connectivity index (χ3n) is 6.46. The maximum absolute atomic E-state index is 3.77. The number of hydrogen-bond donors (Lipinski definition) is 1. The number of hydrogen-bond acceptors (Lipinski definition) is 2. The number of nitrogens with zero attached hydrogens (tertiary/aromatic N) is 1. The Hall–Kier alpha value is -0.860. The molecule has 1 aromatic carbocycles. The van der Waals surface area contributed by atoms with E-state index in [4.69, 9.17) is 0 Å². The summed E-state index contributed by atoms with van der Waals surface area (Å²) in [5.41, 5.74) is 3.02. The SMILES string of the molecule is C[C@@H]1CCCN1CCc1ccc(C2NCC3CCCC32)cc1. The van der Waals surface area contributed by atoms with Gasteiger partial charge >= 0.3 is 0 Å². The highest BCUT2D eigenvalue weighted by molar-refractivity contribution is 5.27. The van der Waals surface area contributed by atoms with Crippen LogP contribution in [0, 0.1) is 11.8 Å². The van der Waals surface area contributed by atoms with Gasteiger partial charge in [-0.25, -0.2) is 0 Å². The van der Waals surface area contributed by atoms with E-state index in [1.165, 1.54) is 69.3 Å². The Morgan fingerprint density at radius 3 is 2.73 bits per heavy atom. The summed E-state index contributed by atoms with van der Waals surface area (Å²) in [5.74, 6) is 1.85. The molecule has 120 valence electrons. The highest BCUT2D eigenvalue weighted by atomic mass is 15.2. The Morgan fingerprint density at radius 2 is 1.95 bits per heavy atom. The van der Waals surface area contributed by atoms with Crippen molar-refractivity contribution in [3.63, 3.8) is 0 Å². The van der Waals surface area contributed by atoms with Gasteiger partial charge in [0.05, 0.1) is 0 Å². The summed E-state index contributed by atoms with van der Waals surface area (Å²) in [6.45, 7) is 6.14. The minimum atomic E-state index is 0.625. The fourth-order valence-electron chi connectivity index (χ4n) is 5.04. The molecule has 3 fully saturated rings. The minimum Gasteiger partial charge on any atom is -0.309 e. The molecule has 0 bridgehead atoms. The Morgan fingerprint density at radius 1 is 1.09 bits per heavy atom. The quantitative estimate of drug-likeness (QED) is 0.910. The Labute approximate surface area is 135 Å². The summed E-state index contributed by atoms with van der Waals surface area (Å²) in [7, 11) is 0. The Bertz CT molecular complexity index is 495. The second kappa shape index (κ2) is 6.33. The molecule has 3 aliphatic rings. The van der Waals surface area contributed by atoms with Crippen molar-refractivity contribution in [3.8, 4) is 0 Å². The van der Waals surface area contributed by atoms with Gasteiger partial charge in [0.25, 0.3) is 0 Å². The van der Waals surface area contributed by atoms with Crippen LogP contribution in [0.25, 0.3) is 0 Å². The largest absolute Gasteiger partial charge is 0.309 e. The zero-order chi connectivity index (χ0) is 14.9. The summed E-state index contributed by atoms with van der Waals surface area (Å²) < 4.78 is 0. The molecule has 0 aromatic heterocycles. The van der Waals surface area contributed by atoms with Gasteiger partial charge in [0, 0.05) is 18.6 Å². The molecule has 22 heavy (non-hydrogen) atoms. The first-order valence-electron chi connectivity index (χ1n) is 9.37. The Balaban J connectivity index is 1.36. The number of likely N-dealkylation sites (tertiary alicyclic amines) is 1. The molecule has 4 rings (SSSR count). The van der Waals surface area contributed by atoms with Gasteiger partial charge in [0.2, 0.25) is 0 Å². The Kier molecular flexibility index (Phi) is 4.23. The lowest BCUT2D eigenvalue weighted by molar-refractivity contribution is 0.272. The average molecular weight is 298 g/mol. The predicted molar refractivity (Wildman–Crippen MR) is 92.0 cm³/mol. The van der Waals surface area contributed by atoms with Crippen molar-refractivity contribution < 1.29 is 0 Å². The first-order valence-corrected chi connectivity index (χ1v) is 9.37. The predicted octanol–water partition coefficient (Wildman–Crippen LogP) is 3.77. The van der Waals surface area contributed by atoms with Crippen LogP contribution in [0.4, 0.5) is 0 Å². The summed E-state index contributed by atoms with van der Waals surface area (Å²) >= 11 is 0. The fraction of sp³-hybridized carbons (Fsp3) is 0.700. The van der Waals surface area contributed by atoms with E-state index < -0.39 is 0 Å². The van der Waals surface area contributed by atoms with Crippen LogP contribution in [-0.4, -0.2) is 30.6 Å². The van der Waals surface area contributed by atoms with Crippen molar-refractivity contribution in [1.82, 2.24) is 10.2 Å². The molecule has 1 saturated carbocycles. The summed E-state index contributed by atoms with van der Waals surface area (Å²) in [5, 5.41) is 3.77. The van der Waals surface area contributed by atoms with Gasteiger partial charge in [-0.05, 0) is 75.1 Å². The lowest BCUT2D eigenvalue weighted by atomic mass is 9.89. The van der Waals surface area contributed by atoms with E-state index in [1.807, 2.05) is 0 Å². The third kappa shape index (κ3) is 2.83. The van der Waals surface area contributed by atoms with Crippen LogP contribution >= 0.6 is 0 Å². The third-order valence-corrected chi connectivity index (χ3v) is 6.46. The van der Waals surface area contributed by atoms with E-state index in [9.17, 15) is 0 Å². The molecule has 2 nitrogen and oxygen atoms in total. The minimum absolute atomic E-state index is 0.625. The van der Waals surface area contributed by atoms with Crippen molar-refractivity contribution in [3.05, 3.63) is 35.4 Å². The van der Waals surface area contributed by atoms with Crippen LogP contribution in [0.3, 0.4) is 0 Å². The van der Waals surface area contributed by atoms with Gasteiger partial charge < -0.3 is 10.2 Å². The summed E-state index contributed by atoms with van der Waals surface area (Å²) in [4.78, 5) is 2.65. The molecular weight excluding hydrogens is 268 g/mol. The zero-order valence-electron chi connectivity index (χ0n) is 13.9. The lowest BCUT2D eigenvalue weighted by Crippen LogP contribution is -2.28. The molecule has 2 heterocycles. The molecule has 4 atom stereocenters. The van der Waals surface area contributed by atoms with Crippen molar-refractivity contribution in [1.29, 1.82) is 0 Å². The smallest absolute Gasteiger partial charge is 0.0351 e. The molecule has 3 unspecified atom stereocenters.